The minimum Gasteiger partial charge on any atom is -0.462 e. The van der Waals surface area contributed by atoms with Gasteiger partial charge in [-0.25, -0.2) is 0 Å². The minimum atomic E-state index is -0.269. The number of carbonyl (C=O) groups is 1. The summed E-state index contributed by atoms with van der Waals surface area (Å²) in [7, 11) is 0. The Morgan fingerprint density at radius 1 is 1.46 bits per heavy atom. The number of ether oxygens (including phenoxy) is 1. The molecule has 0 aliphatic carbocycles. The average Bonchev–Trinajstić information content (AvgIpc) is 2.02. The molecule has 3 nitrogen and oxygen atoms in total. The summed E-state index contributed by atoms with van der Waals surface area (Å²) in [5, 5.41) is 8.77. The molecule has 0 saturated carbocycles. The van der Waals surface area contributed by atoms with Crippen molar-refractivity contribution in [1.29, 1.82) is 0 Å². The van der Waals surface area contributed by atoms with Gasteiger partial charge in [0.2, 0.25) is 0 Å². The summed E-state index contributed by atoms with van der Waals surface area (Å²) in [4.78, 5) is 10.6. The fraction of sp³-hybridized carbons (Fsp3) is 0.700. The Morgan fingerprint density at radius 3 is 2.38 bits per heavy atom. The molecule has 0 bridgehead atoms. The van der Waals surface area contributed by atoms with E-state index in [2.05, 4.69) is 0 Å². The van der Waals surface area contributed by atoms with Crippen LogP contribution in [0.3, 0.4) is 0 Å². The van der Waals surface area contributed by atoms with Gasteiger partial charge < -0.3 is 9.84 Å². The van der Waals surface area contributed by atoms with Crippen LogP contribution in [-0.4, -0.2) is 23.8 Å². The van der Waals surface area contributed by atoms with Gasteiger partial charge in [-0.2, -0.15) is 0 Å². The van der Waals surface area contributed by atoms with E-state index in [0.717, 1.165) is 5.57 Å². The van der Waals surface area contributed by atoms with Crippen LogP contribution < -0.4 is 0 Å². The Morgan fingerprint density at radius 2 is 2.00 bits per heavy atom. The zero-order chi connectivity index (χ0) is 10.4. The van der Waals surface area contributed by atoms with E-state index >= 15 is 0 Å². The van der Waals surface area contributed by atoms with Crippen molar-refractivity contribution in [3.05, 3.63) is 11.6 Å². The van der Waals surface area contributed by atoms with Crippen LogP contribution >= 0.6 is 0 Å². The maximum absolute atomic E-state index is 10.6. The average molecular weight is 186 g/mol. The Bertz CT molecular complexity index is 196. The number of aliphatic hydroxyl groups excluding tert-OH is 1. The van der Waals surface area contributed by atoms with Crippen LogP contribution in [0.5, 0.6) is 0 Å². The van der Waals surface area contributed by atoms with Gasteiger partial charge in [0, 0.05) is 12.8 Å². The summed E-state index contributed by atoms with van der Waals surface area (Å²) in [5.41, 5.74) is 0.895. The van der Waals surface area contributed by atoms with Crippen molar-refractivity contribution >= 4 is 5.97 Å². The second-order valence-electron chi connectivity index (χ2n) is 3.34. The molecule has 0 aliphatic rings. The molecule has 0 aromatic carbocycles. The lowest BCUT2D eigenvalue weighted by Crippen LogP contribution is -2.19. The highest BCUT2D eigenvalue weighted by Gasteiger charge is 2.12. The first kappa shape index (κ1) is 12.2. The Kier molecular flexibility index (Phi) is 5.39. The number of carbonyl (C=O) groups excluding carboxylic acids is 1. The third kappa shape index (κ3) is 5.42. The normalized spacial score (nSPS) is 16.5. The first-order valence-electron chi connectivity index (χ1n) is 4.42. The lowest BCUT2D eigenvalue weighted by molar-refractivity contribution is -0.146. The van der Waals surface area contributed by atoms with Crippen LogP contribution in [0.15, 0.2) is 11.6 Å². The third-order valence-corrected chi connectivity index (χ3v) is 1.89. The number of aliphatic hydroxyl groups is 1. The van der Waals surface area contributed by atoms with Gasteiger partial charge in [0.1, 0.15) is 6.10 Å². The van der Waals surface area contributed by atoms with Crippen molar-refractivity contribution < 1.29 is 14.6 Å². The van der Waals surface area contributed by atoms with E-state index in [9.17, 15) is 4.79 Å². The van der Waals surface area contributed by atoms with Gasteiger partial charge in [-0.3, -0.25) is 4.79 Å². The van der Waals surface area contributed by atoms with Crippen molar-refractivity contribution in [3.63, 3.8) is 0 Å². The van der Waals surface area contributed by atoms with Crippen LogP contribution in [0.4, 0.5) is 0 Å². The van der Waals surface area contributed by atoms with Gasteiger partial charge >= 0.3 is 5.97 Å². The molecule has 0 aromatic rings. The highest BCUT2D eigenvalue weighted by atomic mass is 16.5. The molecule has 1 N–H and O–H groups in total. The van der Waals surface area contributed by atoms with Crippen LogP contribution in [0.25, 0.3) is 0 Å². The number of hydrogen-bond donors (Lipinski definition) is 1. The van der Waals surface area contributed by atoms with E-state index in [-0.39, 0.29) is 24.6 Å². The minimum absolute atomic E-state index is 0.0527. The predicted molar refractivity (Wildman–Crippen MR) is 51.2 cm³/mol. The molecule has 0 aromatic heterocycles. The van der Waals surface area contributed by atoms with Crippen LogP contribution in [0.2, 0.25) is 0 Å². The molecule has 0 saturated heterocycles. The molecule has 0 aliphatic heterocycles. The van der Waals surface area contributed by atoms with E-state index in [1.165, 1.54) is 6.92 Å². The predicted octanol–water partition coefficient (Wildman–Crippen LogP) is 1.51. The summed E-state index contributed by atoms with van der Waals surface area (Å²) in [6, 6.07) is 0. The lowest BCUT2D eigenvalue weighted by Gasteiger charge is -2.17. The Balaban J connectivity index is 4.09. The fourth-order valence-electron chi connectivity index (χ4n) is 1.01. The molecule has 0 fully saturated rings. The molecule has 0 rings (SSSR count). The van der Waals surface area contributed by atoms with Crippen LogP contribution in [0, 0.1) is 5.92 Å². The van der Waals surface area contributed by atoms with E-state index in [0.29, 0.717) is 0 Å². The number of esters is 1. The van der Waals surface area contributed by atoms with Gasteiger partial charge in [-0.05, 0) is 13.8 Å². The summed E-state index contributed by atoms with van der Waals surface area (Å²) in [6.45, 7) is 7.08. The zero-order valence-electron chi connectivity index (χ0n) is 8.70. The summed E-state index contributed by atoms with van der Waals surface area (Å²) in [6.07, 6.45) is 1.77. The zero-order valence-corrected chi connectivity index (χ0v) is 8.70. The van der Waals surface area contributed by atoms with Gasteiger partial charge in [0.25, 0.3) is 0 Å². The van der Waals surface area contributed by atoms with E-state index in [1.807, 2.05) is 26.8 Å². The molecule has 3 heteroatoms. The van der Waals surface area contributed by atoms with Gasteiger partial charge in [0.05, 0.1) is 6.61 Å². The van der Waals surface area contributed by atoms with Crippen LogP contribution in [0.1, 0.15) is 27.7 Å². The van der Waals surface area contributed by atoms with Gasteiger partial charge in [-0.15, -0.1) is 0 Å². The molecular formula is C10H18O3. The van der Waals surface area contributed by atoms with Crippen molar-refractivity contribution in [2.45, 2.75) is 33.8 Å². The van der Waals surface area contributed by atoms with E-state index in [4.69, 9.17) is 9.84 Å². The Labute approximate surface area is 79.4 Å². The molecule has 0 spiro atoms. The highest BCUT2D eigenvalue weighted by molar-refractivity contribution is 5.66. The largest absolute Gasteiger partial charge is 0.462 e. The quantitative estimate of drug-likeness (QED) is 0.534. The van der Waals surface area contributed by atoms with Crippen molar-refractivity contribution in [1.82, 2.24) is 0 Å². The second-order valence-corrected chi connectivity index (χ2v) is 3.34. The molecule has 0 unspecified atom stereocenters. The Hall–Kier alpha value is -0.830. The van der Waals surface area contributed by atoms with E-state index < -0.39 is 0 Å². The molecule has 0 radical (unpaired) electrons. The smallest absolute Gasteiger partial charge is 0.302 e. The summed E-state index contributed by atoms with van der Waals surface area (Å²) in [5.74, 6) is -0.134. The lowest BCUT2D eigenvalue weighted by atomic mass is 10.0. The van der Waals surface area contributed by atoms with E-state index in [1.54, 1.807) is 0 Å². The topological polar surface area (TPSA) is 46.5 Å². The third-order valence-electron chi connectivity index (χ3n) is 1.89. The monoisotopic (exact) mass is 186 g/mol. The van der Waals surface area contributed by atoms with Gasteiger partial charge in [-0.1, -0.05) is 18.6 Å². The van der Waals surface area contributed by atoms with Crippen molar-refractivity contribution in [2.24, 2.45) is 5.92 Å². The van der Waals surface area contributed by atoms with Crippen molar-refractivity contribution in [2.75, 3.05) is 6.61 Å². The molecule has 0 amide bonds. The molecular weight excluding hydrogens is 168 g/mol. The SMILES string of the molecule is CC(=O)O[C@H](C)[C@@H](C)/C=C(\C)CO. The van der Waals surface area contributed by atoms with Gasteiger partial charge in [0.15, 0.2) is 0 Å². The standard InChI is InChI=1S/C10H18O3/c1-7(6-11)5-8(2)9(3)13-10(4)12/h5,8-9,11H,6H2,1-4H3/b7-5+/t8-,9+/m0/s1. The molecule has 76 valence electrons. The maximum atomic E-state index is 10.6. The number of rotatable bonds is 4. The number of hydrogen-bond acceptors (Lipinski definition) is 3. The van der Waals surface area contributed by atoms with Crippen molar-refractivity contribution in [3.8, 4) is 0 Å². The molecule has 13 heavy (non-hydrogen) atoms. The highest BCUT2D eigenvalue weighted by Crippen LogP contribution is 2.11. The van der Waals surface area contributed by atoms with Crippen LogP contribution in [-0.2, 0) is 9.53 Å². The molecule has 0 heterocycles. The summed E-state index contributed by atoms with van der Waals surface area (Å²) < 4.78 is 4.99. The second kappa shape index (κ2) is 5.75. The first-order valence-corrected chi connectivity index (χ1v) is 4.42. The molecule has 2 atom stereocenters. The fourth-order valence-corrected chi connectivity index (χ4v) is 1.01. The summed E-state index contributed by atoms with van der Waals surface area (Å²) >= 11 is 0. The first-order chi connectivity index (χ1) is 5.97. The maximum Gasteiger partial charge on any atom is 0.302 e.